The first-order valence-corrected chi connectivity index (χ1v) is 18.6. The molecule has 0 nitrogen and oxygen atoms in total. The van der Waals surface area contributed by atoms with Crippen LogP contribution in [0.15, 0.2) is 60.7 Å². The molecule has 0 atom stereocenters. The van der Waals surface area contributed by atoms with E-state index in [2.05, 4.69) is 88.4 Å². The summed E-state index contributed by atoms with van der Waals surface area (Å²) in [6.45, 7) is 9.11. The molecule has 0 N–H and O–H groups in total. The number of benzene rings is 2. The van der Waals surface area contributed by atoms with Gasteiger partial charge in [-0.2, -0.15) is 0 Å². The van der Waals surface area contributed by atoms with Gasteiger partial charge in [0, 0.05) is 0 Å². The highest BCUT2D eigenvalue weighted by Gasteiger charge is 1.99. The summed E-state index contributed by atoms with van der Waals surface area (Å²) >= 11 is 1.71. The average molecular weight is 467 g/mol. The predicted octanol–water partition coefficient (Wildman–Crippen LogP) is 7.16. The first-order valence-electron chi connectivity index (χ1n) is 13.2. The van der Waals surface area contributed by atoms with E-state index in [0.717, 1.165) is 5.92 Å². The standard InChI is InChI=1S/C8H17.2C7H7.C4H9.C2H5.3Al.4H/c1-3-5-7-8-6-4-2;2*1-7-5-3-2-4-6-7;1-4(2)3;1-2;;;;;;;/h1,3-8H2,2H3;2*2-6H,1H2;4H,1H2,2-3H3;1H2,2H3;;;;;;;. The first kappa shape index (κ1) is 31.0. The molecule has 0 aliphatic heterocycles. The van der Waals surface area contributed by atoms with Crippen LogP contribution in [0.25, 0.3) is 0 Å². The van der Waals surface area contributed by atoms with Gasteiger partial charge in [-0.1, -0.05) is 165 Å². The van der Waals surface area contributed by atoms with Crippen LogP contribution >= 0.6 is 0 Å². The molecule has 2 rings (SSSR count). The molecular weight excluding hydrogens is 417 g/mol. The zero-order valence-electron chi connectivity index (χ0n) is 21.5. The van der Waals surface area contributed by atoms with Crippen LogP contribution in [0.1, 0.15) is 77.3 Å². The maximum Gasteiger partial charge on any atom is 0.243 e. The Bertz CT molecular complexity index is 569. The zero-order valence-corrected chi connectivity index (χ0v) is 26.4. The minimum atomic E-state index is 0.166. The van der Waals surface area contributed by atoms with Gasteiger partial charge in [-0.05, 0) is 0 Å². The van der Waals surface area contributed by atoms with Gasteiger partial charge in [0.2, 0.25) is 46.7 Å². The van der Waals surface area contributed by atoms with E-state index in [1.807, 2.05) is 0 Å². The molecule has 0 saturated heterocycles. The minimum absolute atomic E-state index is 0.166. The molecule has 0 aromatic heterocycles. The highest BCUT2D eigenvalue weighted by Crippen LogP contribution is 2.08. The molecule has 0 amide bonds. The molecule has 31 heavy (non-hydrogen) atoms. The van der Waals surface area contributed by atoms with Crippen molar-refractivity contribution in [2.45, 2.75) is 92.6 Å². The van der Waals surface area contributed by atoms with Crippen molar-refractivity contribution in [3.8, 4) is 0 Å². The van der Waals surface area contributed by atoms with Crippen molar-refractivity contribution in [2.75, 3.05) is 0 Å². The molecule has 0 aliphatic carbocycles. The Labute approximate surface area is 215 Å². The van der Waals surface area contributed by atoms with Crippen molar-refractivity contribution in [3.05, 3.63) is 71.8 Å². The second-order valence-electron chi connectivity index (χ2n) is 9.19. The van der Waals surface area contributed by atoms with Crippen LogP contribution in [0, 0.1) is 5.92 Å². The molecule has 0 unspecified atom stereocenters. The summed E-state index contributed by atoms with van der Waals surface area (Å²) in [7, 11) is 0. The molecular formula is C28H49Al3. The molecule has 0 spiro atoms. The summed E-state index contributed by atoms with van der Waals surface area (Å²) in [6.07, 6.45) is 8.68. The third kappa shape index (κ3) is 23.0. The second-order valence-corrected chi connectivity index (χ2v) is 14.3. The van der Waals surface area contributed by atoms with Crippen LogP contribution in [-0.2, 0) is 10.6 Å². The summed E-state index contributed by atoms with van der Waals surface area (Å²) < 4.78 is 0. The van der Waals surface area contributed by atoms with E-state index < -0.39 is 0 Å². The molecule has 0 radical (unpaired) electrons. The second kappa shape index (κ2) is 24.7. The fourth-order valence-corrected chi connectivity index (χ4v) is 6.93. The van der Waals surface area contributed by atoms with Crippen molar-refractivity contribution in [1.82, 2.24) is 0 Å². The van der Waals surface area contributed by atoms with Gasteiger partial charge in [0.05, 0.1) is 0 Å². The van der Waals surface area contributed by atoms with E-state index in [-0.39, 0.29) is 30.4 Å². The summed E-state index contributed by atoms with van der Waals surface area (Å²) in [5.74, 6) is 0.903. The molecule has 2 aromatic rings. The monoisotopic (exact) mass is 466 g/mol. The van der Waals surface area contributed by atoms with Crippen molar-refractivity contribution in [3.63, 3.8) is 0 Å². The van der Waals surface area contributed by atoms with Crippen LogP contribution in [0.4, 0.5) is 0 Å². The Morgan fingerprint density at radius 2 is 1.13 bits per heavy atom. The quantitative estimate of drug-likeness (QED) is 0.217. The van der Waals surface area contributed by atoms with Crippen LogP contribution in [0.2, 0.25) is 15.8 Å². The largest absolute Gasteiger partial charge is 0.243 e. The Kier molecular flexibility index (Phi) is 24.7. The van der Waals surface area contributed by atoms with Crippen LogP contribution < -0.4 is 0 Å². The molecule has 2 aromatic carbocycles. The van der Waals surface area contributed by atoms with E-state index in [0.29, 0.717) is 0 Å². The van der Waals surface area contributed by atoms with Gasteiger partial charge in [0.1, 0.15) is 0 Å². The lowest BCUT2D eigenvalue weighted by atomic mass is 10.1. The van der Waals surface area contributed by atoms with Crippen LogP contribution in [0.3, 0.4) is 0 Å². The van der Waals surface area contributed by atoms with Crippen molar-refractivity contribution < 1.29 is 0 Å². The van der Waals surface area contributed by atoms with E-state index in [9.17, 15) is 0 Å². The van der Waals surface area contributed by atoms with E-state index in [1.165, 1.54) is 81.5 Å². The van der Waals surface area contributed by atoms with Gasteiger partial charge in [-0.15, -0.1) is 5.28 Å². The van der Waals surface area contributed by atoms with Gasteiger partial charge in [0.15, 0.2) is 0 Å². The van der Waals surface area contributed by atoms with E-state index >= 15 is 0 Å². The molecule has 0 saturated carbocycles. The third-order valence-electron chi connectivity index (χ3n) is 5.25. The van der Waals surface area contributed by atoms with Crippen LogP contribution in [0.5, 0.6) is 0 Å². The topological polar surface area (TPSA) is 0 Å². The maximum absolute atomic E-state index is 2.32. The predicted molar refractivity (Wildman–Crippen MR) is 151 cm³/mol. The van der Waals surface area contributed by atoms with E-state index in [1.54, 1.807) is 10.8 Å². The molecule has 0 fully saturated rings. The lowest BCUT2D eigenvalue weighted by Crippen LogP contribution is -2.00. The molecule has 0 aliphatic rings. The molecule has 3 heteroatoms. The zero-order chi connectivity index (χ0) is 23.0. The summed E-state index contributed by atoms with van der Waals surface area (Å²) in [6, 6.07) is 21.8. The van der Waals surface area contributed by atoms with Crippen molar-refractivity contribution in [2.24, 2.45) is 5.92 Å². The lowest BCUT2D eigenvalue weighted by Gasteiger charge is -2.01. The van der Waals surface area contributed by atoms with Crippen LogP contribution in [-0.4, -0.2) is 46.7 Å². The Hall–Kier alpha value is 0.0374. The smallest absolute Gasteiger partial charge is 0.104 e. The van der Waals surface area contributed by atoms with Gasteiger partial charge >= 0.3 is 0 Å². The van der Waals surface area contributed by atoms with Crippen molar-refractivity contribution >= 4 is 46.7 Å². The fourth-order valence-electron chi connectivity index (χ4n) is 3.47. The summed E-state index contributed by atoms with van der Waals surface area (Å²) in [5, 5.41) is 7.19. The lowest BCUT2D eigenvalue weighted by molar-refractivity contribution is 0.624. The van der Waals surface area contributed by atoms with Gasteiger partial charge in [-0.3, -0.25) is 0 Å². The SMILES string of the molecule is CC(C)[CH2][AlH][CH2]c1ccccc1.CCCCCCC[CH2][AlH][CH2]c1ccccc1.C[CH2][AlH2]. The first-order chi connectivity index (χ1) is 15.1. The highest BCUT2D eigenvalue weighted by atomic mass is 27.1. The summed E-state index contributed by atoms with van der Waals surface area (Å²) in [5.41, 5.74) is 3.09. The fraction of sp³-hybridized carbons (Fsp3) is 0.571. The molecule has 0 heterocycles. The number of hydrogen-bond acceptors (Lipinski definition) is 0. The minimum Gasteiger partial charge on any atom is -0.104 e. The highest BCUT2D eigenvalue weighted by molar-refractivity contribution is 6.35. The summed E-state index contributed by atoms with van der Waals surface area (Å²) in [4.78, 5) is 0. The number of hydrogen-bond donors (Lipinski definition) is 0. The van der Waals surface area contributed by atoms with Crippen molar-refractivity contribution in [1.29, 1.82) is 0 Å². The molecule has 170 valence electrons. The van der Waals surface area contributed by atoms with Gasteiger partial charge < -0.3 is 0 Å². The maximum atomic E-state index is 2.32. The third-order valence-corrected chi connectivity index (χ3v) is 9.68. The average Bonchev–Trinajstić information content (AvgIpc) is 2.78. The number of rotatable bonds is 13. The van der Waals surface area contributed by atoms with Gasteiger partial charge in [0.25, 0.3) is 0 Å². The van der Waals surface area contributed by atoms with E-state index in [4.69, 9.17) is 0 Å². The molecule has 0 bridgehead atoms. The number of unbranched alkanes of at least 4 members (excludes halogenated alkanes) is 5. The Morgan fingerprint density at radius 1 is 0.677 bits per heavy atom. The normalized spacial score (nSPS) is 9.84. The Morgan fingerprint density at radius 3 is 1.61 bits per heavy atom. The Balaban J connectivity index is 0.000000531. The van der Waals surface area contributed by atoms with Gasteiger partial charge in [-0.25, -0.2) is 0 Å².